The number of ether oxygens (including phenoxy) is 2. The molecule has 6 heteroatoms. The van der Waals surface area contributed by atoms with E-state index >= 15 is 0 Å². The normalized spacial score (nSPS) is 26.8. The van der Waals surface area contributed by atoms with Gasteiger partial charge in [0, 0.05) is 25.3 Å². The average molecular weight is 436 g/mol. The topological polar surface area (TPSA) is 76.1 Å². The highest BCUT2D eigenvalue weighted by molar-refractivity contribution is 5.93. The van der Waals surface area contributed by atoms with Crippen molar-refractivity contribution < 1.29 is 24.2 Å². The molecule has 0 unspecified atom stereocenters. The molecule has 3 fully saturated rings. The fourth-order valence-corrected chi connectivity index (χ4v) is 5.77. The first-order valence-corrected chi connectivity index (χ1v) is 11.4. The molecule has 1 aliphatic carbocycles. The molecule has 2 heterocycles. The van der Waals surface area contributed by atoms with Gasteiger partial charge < -0.3 is 19.5 Å². The zero-order valence-electron chi connectivity index (χ0n) is 18.4. The Hall–Kier alpha value is -2.86. The SMILES string of the molecule is COc1cc([C@H]2C[C@]3(CCN(C(=O)[C@H]4CCCO4)C3)C2)c(C(=O)O)cc1-c1ccccc1. The van der Waals surface area contributed by atoms with Crippen molar-refractivity contribution in [2.45, 2.75) is 44.1 Å². The number of benzene rings is 2. The van der Waals surface area contributed by atoms with Crippen LogP contribution in [0.15, 0.2) is 42.5 Å². The Morgan fingerprint density at radius 1 is 1.19 bits per heavy atom. The minimum Gasteiger partial charge on any atom is -0.496 e. The first-order chi connectivity index (χ1) is 15.5. The molecular weight excluding hydrogens is 406 g/mol. The maximum absolute atomic E-state index is 12.7. The zero-order chi connectivity index (χ0) is 22.3. The van der Waals surface area contributed by atoms with Crippen LogP contribution in [0.25, 0.3) is 11.1 Å². The number of nitrogens with zero attached hydrogens (tertiary/aromatic N) is 1. The molecule has 0 radical (unpaired) electrons. The van der Waals surface area contributed by atoms with E-state index in [1.807, 2.05) is 41.3 Å². The second-order valence-corrected chi connectivity index (χ2v) is 9.43. The number of hydrogen-bond acceptors (Lipinski definition) is 4. The number of carbonyl (C=O) groups excluding carboxylic acids is 1. The molecule has 1 spiro atoms. The highest BCUT2D eigenvalue weighted by atomic mass is 16.5. The summed E-state index contributed by atoms with van der Waals surface area (Å²) in [5.74, 6) is 0.0710. The van der Waals surface area contributed by atoms with Gasteiger partial charge in [-0.25, -0.2) is 4.79 Å². The minimum atomic E-state index is -0.914. The van der Waals surface area contributed by atoms with Gasteiger partial charge in [-0.1, -0.05) is 30.3 Å². The van der Waals surface area contributed by atoms with E-state index in [-0.39, 0.29) is 23.3 Å². The van der Waals surface area contributed by atoms with Gasteiger partial charge >= 0.3 is 5.97 Å². The quantitative estimate of drug-likeness (QED) is 0.756. The molecule has 6 nitrogen and oxygen atoms in total. The summed E-state index contributed by atoms with van der Waals surface area (Å²) in [6.07, 6.45) is 4.28. The predicted octanol–water partition coefficient (Wildman–Crippen LogP) is 4.34. The van der Waals surface area contributed by atoms with Gasteiger partial charge in [-0.05, 0) is 66.7 Å². The first kappa shape index (κ1) is 21.0. The maximum Gasteiger partial charge on any atom is 0.335 e. The van der Waals surface area contributed by atoms with Gasteiger partial charge in [0.25, 0.3) is 5.91 Å². The summed E-state index contributed by atoms with van der Waals surface area (Å²) in [6.45, 7) is 2.20. The number of rotatable bonds is 5. The van der Waals surface area contributed by atoms with Crippen molar-refractivity contribution >= 4 is 11.9 Å². The third-order valence-corrected chi connectivity index (χ3v) is 7.44. The van der Waals surface area contributed by atoms with Gasteiger partial charge in [-0.2, -0.15) is 0 Å². The van der Waals surface area contributed by atoms with Gasteiger partial charge in [0.1, 0.15) is 11.9 Å². The Morgan fingerprint density at radius 3 is 2.62 bits per heavy atom. The van der Waals surface area contributed by atoms with Crippen LogP contribution in [0.3, 0.4) is 0 Å². The van der Waals surface area contributed by atoms with Crippen LogP contribution < -0.4 is 4.74 Å². The molecular formula is C26H29NO5. The number of carboxylic acids is 1. The third kappa shape index (κ3) is 3.66. The van der Waals surface area contributed by atoms with Crippen LogP contribution in [-0.2, 0) is 9.53 Å². The highest BCUT2D eigenvalue weighted by Crippen LogP contribution is 2.57. The zero-order valence-corrected chi connectivity index (χ0v) is 18.4. The van der Waals surface area contributed by atoms with Crippen molar-refractivity contribution in [3.05, 3.63) is 53.6 Å². The molecule has 32 heavy (non-hydrogen) atoms. The molecule has 1 N–H and O–H groups in total. The third-order valence-electron chi connectivity index (χ3n) is 7.44. The summed E-state index contributed by atoms with van der Waals surface area (Å²) < 4.78 is 11.2. The fourth-order valence-electron chi connectivity index (χ4n) is 5.77. The van der Waals surface area contributed by atoms with Crippen molar-refractivity contribution in [2.75, 3.05) is 26.8 Å². The summed E-state index contributed by atoms with van der Waals surface area (Å²) in [6, 6.07) is 13.4. The van der Waals surface area contributed by atoms with Crippen LogP contribution in [0.4, 0.5) is 0 Å². The molecule has 0 aromatic heterocycles. The molecule has 1 saturated carbocycles. The standard InChI is InChI=1S/C26H29NO5/c1-31-23-13-19(21(25(29)30)12-20(23)17-6-3-2-4-7-17)18-14-26(15-18)9-10-27(16-26)24(28)22-8-5-11-32-22/h2-4,6-7,12-13,18,22H,5,8-11,14-16H2,1H3,(H,29,30)/t18-,22-,26+/m1/s1. The summed E-state index contributed by atoms with van der Waals surface area (Å²) in [4.78, 5) is 26.8. The van der Waals surface area contributed by atoms with E-state index in [4.69, 9.17) is 9.47 Å². The molecule has 1 atom stereocenters. The van der Waals surface area contributed by atoms with Gasteiger partial charge in [0.2, 0.25) is 0 Å². The van der Waals surface area contributed by atoms with Gasteiger partial charge in [-0.15, -0.1) is 0 Å². The lowest BCUT2D eigenvalue weighted by Crippen LogP contribution is -2.42. The molecule has 2 aromatic rings. The molecule has 2 saturated heterocycles. The van der Waals surface area contributed by atoms with Crippen LogP contribution in [0.5, 0.6) is 5.75 Å². The van der Waals surface area contributed by atoms with Crippen LogP contribution in [-0.4, -0.2) is 54.8 Å². The monoisotopic (exact) mass is 435 g/mol. The molecule has 168 valence electrons. The van der Waals surface area contributed by atoms with Crippen molar-refractivity contribution in [3.8, 4) is 16.9 Å². The molecule has 5 rings (SSSR count). The van der Waals surface area contributed by atoms with Crippen molar-refractivity contribution in [1.82, 2.24) is 4.90 Å². The maximum atomic E-state index is 12.7. The van der Waals surface area contributed by atoms with Crippen LogP contribution in [0.1, 0.15) is 53.9 Å². The lowest BCUT2D eigenvalue weighted by molar-refractivity contribution is -0.140. The van der Waals surface area contributed by atoms with Gasteiger partial charge in [0.15, 0.2) is 0 Å². The minimum absolute atomic E-state index is 0.0973. The number of methoxy groups -OCH3 is 1. The predicted molar refractivity (Wildman–Crippen MR) is 120 cm³/mol. The number of carboxylic acid groups (broad SMARTS) is 1. The number of carbonyl (C=O) groups is 2. The van der Waals surface area contributed by atoms with E-state index < -0.39 is 5.97 Å². The van der Waals surface area contributed by atoms with E-state index in [9.17, 15) is 14.7 Å². The largest absolute Gasteiger partial charge is 0.496 e. The molecule has 1 amide bonds. The van der Waals surface area contributed by atoms with Crippen LogP contribution in [0.2, 0.25) is 0 Å². The van der Waals surface area contributed by atoms with E-state index in [1.165, 1.54) is 0 Å². The molecule has 0 bridgehead atoms. The number of hydrogen-bond donors (Lipinski definition) is 1. The van der Waals surface area contributed by atoms with E-state index in [2.05, 4.69) is 0 Å². The fraction of sp³-hybridized carbons (Fsp3) is 0.462. The molecule has 2 aromatic carbocycles. The number of amides is 1. The Morgan fingerprint density at radius 2 is 1.97 bits per heavy atom. The van der Waals surface area contributed by atoms with E-state index in [0.717, 1.165) is 61.9 Å². The van der Waals surface area contributed by atoms with Crippen molar-refractivity contribution in [2.24, 2.45) is 5.41 Å². The Balaban J connectivity index is 1.36. The van der Waals surface area contributed by atoms with Crippen molar-refractivity contribution in [3.63, 3.8) is 0 Å². The van der Waals surface area contributed by atoms with Crippen LogP contribution in [0, 0.1) is 5.41 Å². The Labute approximate surface area is 188 Å². The first-order valence-electron chi connectivity index (χ1n) is 11.4. The second kappa shape index (κ2) is 8.24. The smallest absolute Gasteiger partial charge is 0.335 e. The summed E-state index contributed by atoms with van der Waals surface area (Å²) in [7, 11) is 1.62. The molecule has 2 aliphatic heterocycles. The van der Waals surface area contributed by atoms with E-state index in [1.54, 1.807) is 13.2 Å². The number of likely N-dealkylation sites (tertiary alicyclic amines) is 1. The van der Waals surface area contributed by atoms with Gasteiger partial charge in [-0.3, -0.25) is 4.79 Å². The van der Waals surface area contributed by atoms with Gasteiger partial charge in [0.05, 0.1) is 12.7 Å². The Bertz CT molecular complexity index is 1020. The van der Waals surface area contributed by atoms with E-state index in [0.29, 0.717) is 17.9 Å². The average Bonchev–Trinajstić information content (AvgIpc) is 3.48. The summed E-state index contributed by atoms with van der Waals surface area (Å²) in [5.41, 5.74) is 3.00. The Kier molecular flexibility index (Phi) is 5.41. The van der Waals surface area contributed by atoms with Crippen molar-refractivity contribution in [1.29, 1.82) is 0 Å². The summed E-state index contributed by atoms with van der Waals surface area (Å²) in [5, 5.41) is 9.95. The number of aromatic carboxylic acids is 1. The molecule has 3 aliphatic rings. The summed E-state index contributed by atoms with van der Waals surface area (Å²) >= 11 is 0. The lowest BCUT2D eigenvalue weighted by Gasteiger charge is -2.46. The lowest BCUT2D eigenvalue weighted by atomic mass is 9.59. The van der Waals surface area contributed by atoms with Crippen LogP contribution >= 0.6 is 0 Å². The highest BCUT2D eigenvalue weighted by Gasteiger charge is 2.51. The second-order valence-electron chi connectivity index (χ2n) is 9.43.